The number of unbranched alkanes of at least 4 members (excludes halogenated alkanes) is 2. The Bertz CT molecular complexity index is 434. The van der Waals surface area contributed by atoms with Crippen LogP contribution < -0.4 is 9.47 Å². The molecule has 5 nitrogen and oxygen atoms in total. The Morgan fingerprint density at radius 1 is 1.05 bits per heavy atom. The average molecular weight is 295 g/mol. The summed E-state index contributed by atoms with van der Waals surface area (Å²) >= 11 is 0. The first-order valence-electron chi connectivity index (χ1n) is 7.24. The van der Waals surface area contributed by atoms with E-state index in [0.717, 1.165) is 19.3 Å². The second-order valence-electron chi connectivity index (χ2n) is 4.59. The summed E-state index contributed by atoms with van der Waals surface area (Å²) in [5, 5.41) is 7.87. The van der Waals surface area contributed by atoms with Crippen LogP contribution in [0.5, 0.6) is 11.5 Å². The lowest BCUT2D eigenvalue weighted by Crippen LogP contribution is -2.10. The molecule has 0 atom stereocenters. The summed E-state index contributed by atoms with van der Waals surface area (Å²) in [7, 11) is 3.19. The molecule has 0 amide bonds. The normalized spacial score (nSPS) is 10.2. The maximum atomic E-state index is 7.87. The van der Waals surface area contributed by atoms with Crippen LogP contribution in [0.3, 0.4) is 0 Å². The van der Waals surface area contributed by atoms with Crippen molar-refractivity contribution in [1.82, 2.24) is 0 Å². The van der Waals surface area contributed by atoms with Crippen molar-refractivity contribution in [1.29, 1.82) is 5.41 Å². The van der Waals surface area contributed by atoms with Crippen LogP contribution in [0.15, 0.2) is 18.2 Å². The molecule has 1 N–H and O–H groups in total. The average Bonchev–Trinajstić information content (AvgIpc) is 2.51. The molecule has 0 aliphatic carbocycles. The summed E-state index contributed by atoms with van der Waals surface area (Å²) < 4.78 is 21.2. The van der Waals surface area contributed by atoms with Gasteiger partial charge < -0.3 is 18.9 Å². The third kappa shape index (κ3) is 6.04. The van der Waals surface area contributed by atoms with Crippen molar-refractivity contribution in [2.24, 2.45) is 0 Å². The van der Waals surface area contributed by atoms with Crippen LogP contribution in [0, 0.1) is 5.41 Å². The fourth-order valence-electron chi connectivity index (χ4n) is 1.77. The molecule has 118 valence electrons. The van der Waals surface area contributed by atoms with E-state index in [4.69, 9.17) is 24.4 Å². The van der Waals surface area contributed by atoms with Crippen molar-refractivity contribution in [3.05, 3.63) is 23.8 Å². The molecular weight excluding hydrogens is 270 g/mol. The number of methoxy groups -OCH3 is 2. The van der Waals surface area contributed by atoms with E-state index in [0.29, 0.717) is 36.9 Å². The van der Waals surface area contributed by atoms with E-state index in [9.17, 15) is 0 Å². The molecule has 0 unspecified atom stereocenters. The highest BCUT2D eigenvalue weighted by atomic mass is 16.5. The monoisotopic (exact) mass is 295 g/mol. The lowest BCUT2D eigenvalue weighted by molar-refractivity contribution is 0.141. The molecular formula is C16H25NO4. The van der Waals surface area contributed by atoms with Crippen LogP contribution in [-0.4, -0.2) is 39.9 Å². The van der Waals surface area contributed by atoms with E-state index < -0.39 is 0 Å². The predicted octanol–water partition coefficient (Wildman–Crippen LogP) is 3.25. The van der Waals surface area contributed by atoms with E-state index in [2.05, 4.69) is 6.92 Å². The largest absolute Gasteiger partial charge is 0.493 e. The number of rotatable bonds is 10. The van der Waals surface area contributed by atoms with Gasteiger partial charge in [-0.1, -0.05) is 19.8 Å². The zero-order valence-electron chi connectivity index (χ0n) is 13.1. The molecule has 1 aromatic rings. The molecule has 0 spiro atoms. The Hall–Kier alpha value is -1.75. The third-order valence-corrected chi connectivity index (χ3v) is 2.97. The fraction of sp³-hybridized carbons (Fsp3) is 0.562. The number of hydrogen-bond donors (Lipinski definition) is 1. The van der Waals surface area contributed by atoms with Crippen LogP contribution in [0.25, 0.3) is 0 Å². The van der Waals surface area contributed by atoms with Gasteiger partial charge in [0.25, 0.3) is 0 Å². The van der Waals surface area contributed by atoms with Crippen LogP contribution in [0.2, 0.25) is 0 Å². The van der Waals surface area contributed by atoms with Gasteiger partial charge in [0.05, 0.1) is 20.3 Å². The Balaban J connectivity index is 2.62. The smallest absolute Gasteiger partial charge is 0.213 e. The Labute approximate surface area is 126 Å². The van der Waals surface area contributed by atoms with E-state index in [1.54, 1.807) is 26.4 Å². The molecule has 0 bridgehead atoms. The quantitative estimate of drug-likeness (QED) is 0.409. The highest BCUT2D eigenvalue weighted by Gasteiger charge is 2.09. The Morgan fingerprint density at radius 2 is 1.86 bits per heavy atom. The van der Waals surface area contributed by atoms with Gasteiger partial charge in [-0.15, -0.1) is 0 Å². The molecule has 1 aromatic carbocycles. The van der Waals surface area contributed by atoms with Gasteiger partial charge in [-0.3, -0.25) is 5.41 Å². The molecule has 0 heterocycles. The van der Waals surface area contributed by atoms with Crippen molar-refractivity contribution < 1.29 is 18.9 Å². The molecule has 21 heavy (non-hydrogen) atoms. The van der Waals surface area contributed by atoms with Crippen molar-refractivity contribution in [3.63, 3.8) is 0 Å². The van der Waals surface area contributed by atoms with Crippen LogP contribution >= 0.6 is 0 Å². The minimum atomic E-state index is 0.0999. The minimum absolute atomic E-state index is 0.0999. The molecule has 0 fully saturated rings. The van der Waals surface area contributed by atoms with Crippen LogP contribution in [0.1, 0.15) is 31.7 Å². The standard InChI is InChI=1S/C16H25NO4/c1-4-5-6-9-20-14-8-7-13(12-15(14)19-3)16(17)21-11-10-18-2/h7-8,12,17H,4-6,9-11H2,1-3H3. The topological polar surface area (TPSA) is 60.8 Å². The summed E-state index contributed by atoms with van der Waals surface area (Å²) in [5.41, 5.74) is 0.656. The first-order valence-corrected chi connectivity index (χ1v) is 7.24. The van der Waals surface area contributed by atoms with Gasteiger partial charge in [0.1, 0.15) is 6.61 Å². The van der Waals surface area contributed by atoms with E-state index in [1.165, 1.54) is 0 Å². The maximum absolute atomic E-state index is 7.87. The third-order valence-electron chi connectivity index (χ3n) is 2.97. The van der Waals surface area contributed by atoms with E-state index >= 15 is 0 Å². The minimum Gasteiger partial charge on any atom is -0.493 e. The lowest BCUT2D eigenvalue weighted by atomic mass is 10.2. The highest BCUT2D eigenvalue weighted by molar-refractivity contribution is 5.92. The summed E-state index contributed by atoms with van der Waals surface area (Å²) in [4.78, 5) is 0. The summed E-state index contributed by atoms with van der Waals surface area (Å²) in [6, 6.07) is 5.37. The van der Waals surface area contributed by atoms with Crippen molar-refractivity contribution in [3.8, 4) is 11.5 Å². The van der Waals surface area contributed by atoms with Gasteiger partial charge in [-0.05, 0) is 24.6 Å². The number of benzene rings is 1. The second-order valence-corrected chi connectivity index (χ2v) is 4.59. The van der Waals surface area contributed by atoms with E-state index in [1.807, 2.05) is 6.07 Å². The maximum Gasteiger partial charge on any atom is 0.213 e. The summed E-state index contributed by atoms with van der Waals surface area (Å²) in [5.74, 6) is 1.41. The molecule has 0 radical (unpaired) electrons. The van der Waals surface area contributed by atoms with Gasteiger partial charge in [0.15, 0.2) is 11.5 Å². The van der Waals surface area contributed by atoms with Gasteiger partial charge >= 0.3 is 0 Å². The van der Waals surface area contributed by atoms with Crippen molar-refractivity contribution in [2.75, 3.05) is 34.0 Å². The van der Waals surface area contributed by atoms with Gasteiger partial charge in [-0.2, -0.15) is 0 Å². The number of nitrogens with one attached hydrogen (secondary N) is 1. The summed E-state index contributed by atoms with van der Waals surface area (Å²) in [6.07, 6.45) is 3.34. The predicted molar refractivity (Wildman–Crippen MR) is 82.7 cm³/mol. The zero-order valence-corrected chi connectivity index (χ0v) is 13.1. The molecule has 0 aliphatic rings. The van der Waals surface area contributed by atoms with Crippen molar-refractivity contribution >= 4 is 5.90 Å². The molecule has 5 heteroatoms. The number of ether oxygens (including phenoxy) is 4. The zero-order chi connectivity index (χ0) is 15.5. The van der Waals surface area contributed by atoms with Crippen LogP contribution in [0.4, 0.5) is 0 Å². The van der Waals surface area contributed by atoms with Crippen LogP contribution in [-0.2, 0) is 9.47 Å². The van der Waals surface area contributed by atoms with Gasteiger partial charge in [-0.25, -0.2) is 0 Å². The lowest BCUT2D eigenvalue weighted by Gasteiger charge is -2.13. The molecule has 0 saturated heterocycles. The first kappa shape index (κ1) is 17.3. The SMILES string of the molecule is CCCCCOc1ccc(C(=N)OCCOC)cc1OC. The van der Waals surface area contributed by atoms with Gasteiger partial charge in [0, 0.05) is 12.7 Å². The second kappa shape index (κ2) is 10.0. The first-order chi connectivity index (χ1) is 10.2. The Kier molecular flexibility index (Phi) is 8.28. The summed E-state index contributed by atoms with van der Waals surface area (Å²) in [6.45, 7) is 3.64. The molecule has 0 aliphatic heterocycles. The highest BCUT2D eigenvalue weighted by Crippen LogP contribution is 2.28. The molecule has 0 saturated carbocycles. The van der Waals surface area contributed by atoms with Crippen molar-refractivity contribution in [2.45, 2.75) is 26.2 Å². The number of hydrogen-bond acceptors (Lipinski definition) is 5. The fourth-order valence-corrected chi connectivity index (χ4v) is 1.77. The molecule has 1 rings (SSSR count). The Morgan fingerprint density at radius 3 is 2.52 bits per heavy atom. The van der Waals surface area contributed by atoms with E-state index in [-0.39, 0.29) is 5.90 Å². The van der Waals surface area contributed by atoms with Gasteiger partial charge in [0.2, 0.25) is 5.90 Å². The molecule has 0 aromatic heterocycles.